The number of aryl methyl sites for hydroxylation is 2. The first kappa shape index (κ1) is 10.7. The summed E-state index contributed by atoms with van der Waals surface area (Å²) in [5.41, 5.74) is 3.28. The number of pyridine rings is 1. The Morgan fingerprint density at radius 3 is 2.56 bits per heavy atom. The smallest absolute Gasteiger partial charge is 0.184 e. The maximum Gasteiger partial charge on any atom is 0.184 e. The highest BCUT2D eigenvalue weighted by Gasteiger charge is 2.01. The molecule has 0 atom stereocenters. The van der Waals surface area contributed by atoms with Gasteiger partial charge in [-0.25, -0.2) is 0 Å². The van der Waals surface area contributed by atoms with Crippen LogP contribution < -0.4 is 5.43 Å². The van der Waals surface area contributed by atoms with Crippen LogP contribution in [0.25, 0.3) is 0 Å². The molecule has 1 aromatic heterocycles. The minimum atomic E-state index is 0.113. The molecular formula is C14H15NO. The highest BCUT2D eigenvalue weighted by molar-refractivity contribution is 5.21. The summed E-state index contributed by atoms with van der Waals surface area (Å²) in [5.74, 6) is 0. The van der Waals surface area contributed by atoms with Gasteiger partial charge in [0, 0.05) is 23.5 Å². The number of hydrogen-bond donors (Lipinski definition) is 1. The first-order valence-electron chi connectivity index (χ1n) is 5.48. The Balaban J connectivity index is 2.11. The molecule has 2 aromatic rings. The number of hydrogen-bond acceptors (Lipinski definition) is 1. The van der Waals surface area contributed by atoms with Gasteiger partial charge in [0.15, 0.2) is 5.43 Å². The Hall–Kier alpha value is -1.83. The standard InChI is InChI=1S/C14H15NO/c1-11-13(15-10-9-14(11)16)8-7-12-5-3-2-4-6-12/h2-6,9-10H,7-8H2,1H3,(H,15,16). The summed E-state index contributed by atoms with van der Waals surface area (Å²) < 4.78 is 0. The summed E-state index contributed by atoms with van der Waals surface area (Å²) in [6, 6.07) is 11.9. The van der Waals surface area contributed by atoms with Gasteiger partial charge in [0.1, 0.15) is 0 Å². The van der Waals surface area contributed by atoms with Crippen molar-refractivity contribution >= 4 is 0 Å². The maximum absolute atomic E-state index is 11.4. The fourth-order valence-corrected chi connectivity index (χ4v) is 1.77. The molecule has 0 saturated carbocycles. The van der Waals surface area contributed by atoms with Gasteiger partial charge in [0.25, 0.3) is 0 Å². The minimum absolute atomic E-state index is 0.113. The Morgan fingerprint density at radius 2 is 1.81 bits per heavy atom. The first-order chi connectivity index (χ1) is 7.77. The molecule has 0 saturated heterocycles. The average Bonchev–Trinajstić information content (AvgIpc) is 2.32. The normalized spacial score (nSPS) is 10.3. The van der Waals surface area contributed by atoms with Crippen LogP contribution in [0.1, 0.15) is 16.8 Å². The van der Waals surface area contributed by atoms with Crippen LogP contribution >= 0.6 is 0 Å². The Labute approximate surface area is 95.0 Å². The second kappa shape index (κ2) is 4.79. The van der Waals surface area contributed by atoms with E-state index in [-0.39, 0.29) is 5.43 Å². The number of aromatic nitrogens is 1. The molecule has 2 heteroatoms. The second-order valence-corrected chi connectivity index (χ2v) is 3.93. The number of benzene rings is 1. The monoisotopic (exact) mass is 213 g/mol. The molecule has 1 N–H and O–H groups in total. The van der Waals surface area contributed by atoms with Gasteiger partial charge in [-0.1, -0.05) is 30.3 Å². The third-order valence-electron chi connectivity index (χ3n) is 2.82. The lowest BCUT2D eigenvalue weighted by Gasteiger charge is -2.04. The molecule has 0 aliphatic carbocycles. The first-order valence-corrected chi connectivity index (χ1v) is 5.48. The summed E-state index contributed by atoms with van der Waals surface area (Å²) in [6.07, 6.45) is 3.56. The van der Waals surface area contributed by atoms with Gasteiger partial charge in [0.2, 0.25) is 0 Å². The van der Waals surface area contributed by atoms with Gasteiger partial charge in [-0.15, -0.1) is 0 Å². The third-order valence-corrected chi connectivity index (χ3v) is 2.82. The van der Waals surface area contributed by atoms with Gasteiger partial charge < -0.3 is 4.98 Å². The number of nitrogens with one attached hydrogen (secondary N) is 1. The molecule has 1 aromatic carbocycles. The van der Waals surface area contributed by atoms with Crippen LogP contribution in [0.3, 0.4) is 0 Å². The molecule has 16 heavy (non-hydrogen) atoms. The lowest BCUT2D eigenvalue weighted by Crippen LogP contribution is -2.09. The maximum atomic E-state index is 11.4. The zero-order valence-electron chi connectivity index (χ0n) is 9.36. The van der Waals surface area contributed by atoms with Crippen LogP contribution in [0.15, 0.2) is 47.4 Å². The minimum Gasteiger partial charge on any atom is -0.365 e. The predicted octanol–water partition coefficient (Wildman–Crippen LogP) is 2.47. The van der Waals surface area contributed by atoms with E-state index in [1.165, 1.54) is 5.56 Å². The van der Waals surface area contributed by atoms with E-state index in [9.17, 15) is 4.79 Å². The predicted molar refractivity (Wildman–Crippen MR) is 65.6 cm³/mol. The largest absolute Gasteiger partial charge is 0.365 e. The van der Waals surface area contributed by atoms with Crippen molar-refractivity contribution in [1.29, 1.82) is 0 Å². The van der Waals surface area contributed by atoms with Crippen molar-refractivity contribution in [1.82, 2.24) is 4.98 Å². The van der Waals surface area contributed by atoms with Gasteiger partial charge >= 0.3 is 0 Å². The van der Waals surface area contributed by atoms with E-state index in [2.05, 4.69) is 17.1 Å². The molecular weight excluding hydrogens is 198 g/mol. The van der Waals surface area contributed by atoms with Crippen LogP contribution in [-0.2, 0) is 12.8 Å². The van der Waals surface area contributed by atoms with E-state index in [1.807, 2.05) is 25.1 Å². The third kappa shape index (κ3) is 2.40. The van der Waals surface area contributed by atoms with E-state index in [4.69, 9.17) is 0 Å². The van der Waals surface area contributed by atoms with E-state index in [0.29, 0.717) is 0 Å². The average molecular weight is 213 g/mol. The molecule has 2 rings (SSSR count). The lowest BCUT2D eigenvalue weighted by molar-refractivity contribution is 0.896. The molecule has 0 fully saturated rings. The van der Waals surface area contributed by atoms with Crippen molar-refractivity contribution < 1.29 is 0 Å². The second-order valence-electron chi connectivity index (χ2n) is 3.93. The van der Waals surface area contributed by atoms with Gasteiger partial charge in [0.05, 0.1) is 0 Å². The van der Waals surface area contributed by atoms with Gasteiger partial charge in [-0.05, 0) is 25.3 Å². The van der Waals surface area contributed by atoms with E-state index >= 15 is 0 Å². The molecule has 82 valence electrons. The van der Waals surface area contributed by atoms with Crippen LogP contribution in [0, 0.1) is 6.92 Å². The van der Waals surface area contributed by atoms with E-state index < -0.39 is 0 Å². The Bertz CT molecular complexity index is 514. The van der Waals surface area contributed by atoms with Crippen LogP contribution in [-0.4, -0.2) is 4.98 Å². The van der Waals surface area contributed by atoms with Gasteiger partial charge in [-0.2, -0.15) is 0 Å². The van der Waals surface area contributed by atoms with Gasteiger partial charge in [-0.3, -0.25) is 4.79 Å². The fraction of sp³-hybridized carbons (Fsp3) is 0.214. The zero-order chi connectivity index (χ0) is 11.4. The Morgan fingerprint density at radius 1 is 1.06 bits per heavy atom. The summed E-state index contributed by atoms with van der Waals surface area (Å²) in [4.78, 5) is 14.6. The Kier molecular flexibility index (Phi) is 3.20. The zero-order valence-corrected chi connectivity index (χ0v) is 9.36. The quantitative estimate of drug-likeness (QED) is 0.834. The van der Waals surface area contributed by atoms with Crippen LogP contribution in [0.5, 0.6) is 0 Å². The number of H-pyrrole nitrogens is 1. The highest BCUT2D eigenvalue weighted by atomic mass is 16.1. The SMILES string of the molecule is Cc1c(CCc2ccccc2)[nH]ccc1=O. The molecule has 0 bridgehead atoms. The molecule has 2 nitrogen and oxygen atoms in total. The van der Waals surface area contributed by atoms with Crippen molar-refractivity contribution in [3.8, 4) is 0 Å². The molecule has 0 unspecified atom stereocenters. The summed E-state index contributed by atoms with van der Waals surface area (Å²) in [7, 11) is 0. The molecule has 0 aliphatic heterocycles. The van der Waals surface area contributed by atoms with Crippen molar-refractivity contribution in [2.24, 2.45) is 0 Å². The van der Waals surface area contributed by atoms with E-state index in [0.717, 1.165) is 24.1 Å². The summed E-state index contributed by atoms with van der Waals surface area (Å²) >= 11 is 0. The van der Waals surface area contributed by atoms with Crippen molar-refractivity contribution in [3.63, 3.8) is 0 Å². The highest BCUT2D eigenvalue weighted by Crippen LogP contribution is 2.06. The molecule has 0 aliphatic rings. The molecule has 1 heterocycles. The summed E-state index contributed by atoms with van der Waals surface area (Å²) in [5, 5.41) is 0. The van der Waals surface area contributed by atoms with Crippen molar-refractivity contribution in [2.75, 3.05) is 0 Å². The fourth-order valence-electron chi connectivity index (χ4n) is 1.77. The van der Waals surface area contributed by atoms with Crippen LogP contribution in [0.4, 0.5) is 0 Å². The molecule has 0 amide bonds. The van der Waals surface area contributed by atoms with Crippen LogP contribution in [0.2, 0.25) is 0 Å². The van der Waals surface area contributed by atoms with Crippen molar-refractivity contribution in [3.05, 3.63) is 69.6 Å². The summed E-state index contributed by atoms with van der Waals surface area (Å²) in [6.45, 7) is 1.87. The van der Waals surface area contributed by atoms with Crippen molar-refractivity contribution in [2.45, 2.75) is 19.8 Å². The molecule has 0 radical (unpaired) electrons. The number of rotatable bonds is 3. The van der Waals surface area contributed by atoms with E-state index in [1.54, 1.807) is 12.3 Å². The topological polar surface area (TPSA) is 32.9 Å². The molecule has 0 spiro atoms. The number of aromatic amines is 1. The lowest BCUT2D eigenvalue weighted by atomic mass is 10.1.